The lowest BCUT2D eigenvalue weighted by Crippen LogP contribution is -2.95. The predicted octanol–water partition coefficient (Wildman–Crippen LogP) is 1.34. The van der Waals surface area contributed by atoms with Crippen molar-refractivity contribution in [2.45, 2.75) is 37.3 Å². The minimum Gasteiger partial charge on any atom is -0.469 e. The molecule has 2 unspecified atom stereocenters. The van der Waals surface area contributed by atoms with Gasteiger partial charge in [0.25, 0.3) is 0 Å². The average Bonchev–Trinajstić information content (AvgIpc) is 2.82. The molecule has 0 aromatic heterocycles. The first-order chi connectivity index (χ1) is 9.60. The number of carbonyl (C=O) groups is 1. The maximum absolute atomic E-state index is 13.5. The molecule has 0 saturated carbocycles. The Bertz CT molecular complexity index is 535. The van der Waals surface area contributed by atoms with E-state index in [1.165, 1.54) is 13.2 Å². The van der Waals surface area contributed by atoms with E-state index in [2.05, 4.69) is 5.32 Å². The van der Waals surface area contributed by atoms with Crippen molar-refractivity contribution in [1.29, 1.82) is 0 Å². The number of rotatable bonds is 2. The highest BCUT2D eigenvalue weighted by Crippen LogP contribution is 2.39. The first-order valence-electron chi connectivity index (χ1n) is 6.98. The van der Waals surface area contributed by atoms with Crippen molar-refractivity contribution in [1.82, 2.24) is 0 Å². The van der Waals surface area contributed by atoms with Crippen LogP contribution < -0.4 is 5.32 Å². The molecule has 2 aliphatic rings. The van der Waals surface area contributed by atoms with Crippen LogP contribution in [0.2, 0.25) is 0 Å². The van der Waals surface area contributed by atoms with E-state index in [4.69, 9.17) is 4.74 Å². The molecular formula is C15H18F2NO2+. The van der Waals surface area contributed by atoms with Crippen molar-refractivity contribution in [2.24, 2.45) is 5.92 Å². The fourth-order valence-corrected chi connectivity index (χ4v) is 3.78. The van der Waals surface area contributed by atoms with E-state index in [1.54, 1.807) is 6.07 Å². The number of piperidine rings is 1. The number of halogens is 2. The summed E-state index contributed by atoms with van der Waals surface area (Å²) < 4.78 is 31.5. The number of esters is 1. The molecule has 3 nitrogen and oxygen atoms in total. The quantitative estimate of drug-likeness (QED) is 0.832. The number of benzene rings is 1. The number of hydrogen-bond donors (Lipinski definition) is 1. The average molecular weight is 282 g/mol. The highest BCUT2D eigenvalue weighted by atomic mass is 19.2. The minimum atomic E-state index is -0.854. The summed E-state index contributed by atoms with van der Waals surface area (Å²) in [6, 6.07) is 4.61. The van der Waals surface area contributed by atoms with Crippen molar-refractivity contribution in [3.63, 3.8) is 0 Å². The number of nitrogens with two attached hydrogens (primary N) is 1. The lowest BCUT2D eigenvalue weighted by atomic mass is 9.77. The standard InChI is InChI=1S/C15H17F2NO2/c1-20-15(19)14-10(7-9-3-5-13(14)18-9)8-2-4-11(16)12(17)6-8/h2,4,6,9-10,13-14,18H,3,5,7H2,1H3/p+1/t9-,10-,13?,14?/m1/s1. The second-order valence-corrected chi connectivity index (χ2v) is 5.76. The minimum absolute atomic E-state index is 0.0833. The number of ether oxygens (including phenoxy) is 1. The number of carbonyl (C=O) groups excluding carboxylic acids is 1. The molecule has 4 atom stereocenters. The Hall–Kier alpha value is -1.49. The van der Waals surface area contributed by atoms with Crippen LogP contribution in [0.25, 0.3) is 0 Å². The van der Waals surface area contributed by atoms with Gasteiger partial charge in [-0.25, -0.2) is 8.78 Å². The van der Waals surface area contributed by atoms with Gasteiger partial charge in [0, 0.05) is 25.2 Å². The van der Waals surface area contributed by atoms with Gasteiger partial charge in [-0.05, 0) is 17.7 Å². The third-order valence-electron chi connectivity index (χ3n) is 4.69. The predicted molar refractivity (Wildman–Crippen MR) is 68.0 cm³/mol. The molecule has 2 bridgehead atoms. The molecule has 2 saturated heterocycles. The van der Waals surface area contributed by atoms with Crippen LogP contribution in [0.3, 0.4) is 0 Å². The lowest BCUT2D eigenvalue weighted by molar-refractivity contribution is -0.715. The van der Waals surface area contributed by atoms with Crippen LogP contribution in [-0.2, 0) is 9.53 Å². The molecule has 0 radical (unpaired) electrons. The van der Waals surface area contributed by atoms with Gasteiger partial charge in [-0.15, -0.1) is 0 Å². The zero-order valence-corrected chi connectivity index (χ0v) is 11.3. The Morgan fingerprint density at radius 2 is 2.10 bits per heavy atom. The molecule has 2 heterocycles. The van der Waals surface area contributed by atoms with Crippen molar-refractivity contribution < 1.29 is 23.6 Å². The van der Waals surface area contributed by atoms with Crippen LogP contribution in [0.15, 0.2) is 18.2 Å². The first kappa shape index (κ1) is 13.5. The van der Waals surface area contributed by atoms with Gasteiger partial charge in [-0.1, -0.05) is 6.07 Å². The molecule has 2 aliphatic heterocycles. The molecule has 5 heteroatoms. The molecule has 1 aromatic carbocycles. The summed E-state index contributed by atoms with van der Waals surface area (Å²) in [5.74, 6) is -2.31. The van der Waals surface area contributed by atoms with Gasteiger partial charge in [0.1, 0.15) is 12.0 Å². The summed E-state index contributed by atoms with van der Waals surface area (Å²) in [5, 5.41) is 2.23. The van der Waals surface area contributed by atoms with Crippen LogP contribution >= 0.6 is 0 Å². The maximum Gasteiger partial charge on any atom is 0.315 e. The number of hydrogen-bond acceptors (Lipinski definition) is 2. The molecule has 0 aliphatic carbocycles. The number of methoxy groups -OCH3 is 1. The summed E-state index contributed by atoms with van der Waals surface area (Å²) in [6.45, 7) is 0. The van der Waals surface area contributed by atoms with Crippen LogP contribution in [0.1, 0.15) is 30.7 Å². The van der Waals surface area contributed by atoms with Crippen molar-refractivity contribution in [2.75, 3.05) is 7.11 Å². The Morgan fingerprint density at radius 3 is 2.80 bits per heavy atom. The van der Waals surface area contributed by atoms with Crippen molar-refractivity contribution in [3.05, 3.63) is 35.4 Å². The summed E-state index contributed by atoms with van der Waals surface area (Å²) >= 11 is 0. The van der Waals surface area contributed by atoms with E-state index >= 15 is 0 Å². The summed E-state index contributed by atoms with van der Waals surface area (Å²) in [5.41, 5.74) is 0.698. The largest absolute Gasteiger partial charge is 0.469 e. The fraction of sp³-hybridized carbons (Fsp3) is 0.533. The van der Waals surface area contributed by atoms with E-state index in [-0.39, 0.29) is 23.8 Å². The van der Waals surface area contributed by atoms with Gasteiger partial charge in [0.05, 0.1) is 13.2 Å². The topological polar surface area (TPSA) is 42.9 Å². The maximum atomic E-state index is 13.5. The third-order valence-corrected chi connectivity index (χ3v) is 4.69. The van der Waals surface area contributed by atoms with Gasteiger partial charge in [0.15, 0.2) is 11.6 Å². The summed E-state index contributed by atoms with van der Waals surface area (Å²) in [7, 11) is 1.38. The van der Waals surface area contributed by atoms with Gasteiger partial charge in [-0.2, -0.15) is 0 Å². The Balaban J connectivity index is 1.96. The summed E-state index contributed by atoms with van der Waals surface area (Å²) in [4.78, 5) is 12.1. The van der Waals surface area contributed by atoms with Crippen LogP contribution in [0, 0.1) is 17.6 Å². The van der Waals surface area contributed by atoms with Crippen molar-refractivity contribution in [3.8, 4) is 0 Å². The van der Waals surface area contributed by atoms with Gasteiger partial charge in [0.2, 0.25) is 0 Å². The number of quaternary nitrogens is 1. The molecule has 108 valence electrons. The molecule has 20 heavy (non-hydrogen) atoms. The summed E-state index contributed by atoms with van der Waals surface area (Å²) in [6.07, 6.45) is 2.85. The monoisotopic (exact) mass is 282 g/mol. The second kappa shape index (κ2) is 5.13. The zero-order chi connectivity index (χ0) is 14.3. The van der Waals surface area contributed by atoms with Gasteiger partial charge >= 0.3 is 5.97 Å². The molecule has 0 amide bonds. The molecular weight excluding hydrogens is 264 g/mol. The van der Waals surface area contributed by atoms with Crippen LogP contribution in [0.5, 0.6) is 0 Å². The van der Waals surface area contributed by atoms with E-state index < -0.39 is 11.6 Å². The third kappa shape index (κ3) is 2.20. The van der Waals surface area contributed by atoms with Crippen molar-refractivity contribution >= 4 is 5.97 Å². The van der Waals surface area contributed by atoms with E-state index in [0.29, 0.717) is 11.6 Å². The highest BCUT2D eigenvalue weighted by Gasteiger charge is 2.49. The highest BCUT2D eigenvalue weighted by molar-refractivity contribution is 5.74. The van der Waals surface area contributed by atoms with Crippen LogP contribution in [-0.4, -0.2) is 25.2 Å². The Morgan fingerprint density at radius 1 is 1.30 bits per heavy atom. The molecule has 3 rings (SSSR count). The normalized spacial score (nSPS) is 32.1. The SMILES string of the molecule is COC(=O)C1C2CC[C@H](C[C@@H]1c1ccc(F)c(F)c1)[NH2+]2. The first-order valence-corrected chi connectivity index (χ1v) is 6.98. The Labute approximate surface area is 116 Å². The molecule has 1 aromatic rings. The fourth-order valence-electron chi connectivity index (χ4n) is 3.78. The molecule has 0 spiro atoms. The lowest BCUT2D eigenvalue weighted by Gasteiger charge is -2.33. The molecule has 2 fully saturated rings. The van der Waals surface area contributed by atoms with E-state index in [0.717, 1.165) is 25.3 Å². The number of fused-ring (bicyclic) bond motifs is 2. The van der Waals surface area contributed by atoms with Crippen LogP contribution in [0.4, 0.5) is 8.78 Å². The van der Waals surface area contributed by atoms with Gasteiger partial charge < -0.3 is 10.1 Å². The second-order valence-electron chi connectivity index (χ2n) is 5.76. The van der Waals surface area contributed by atoms with E-state index in [1.807, 2.05) is 0 Å². The van der Waals surface area contributed by atoms with E-state index in [9.17, 15) is 13.6 Å². The smallest absolute Gasteiger partial charge is 0.315 e. The van der Waals surface area contributed by atoms with Gasteiger partial charge in [-0.3, -0.25) is 4.79 Å². The molecule has 2 N–H and O–H groups in total. The Kier molecular flexibility index (Phi) is 3.46. The zero-order valence-electron chi connectivity index (χ0n) is 11.3.